The van der Waals surface area contributed by atoms with Crippen LogP contribution in [-0.4, -0.2) is 67.4 Å². The Bertz CT molecular complexity index is 1270. The normalized spacial score (nSPS) is 12.5. The van der Waals surface area contributed by atoms with E-state index in [1.807, 2.05) is 27.7 Å². The van der Waals surface area contributed by atoms with Crippen molar-refractivity contribution in [2.24, 2.45) is 0 Å². The van der Waals surface area contributed by atoms with Gasteiger partial charge in [-0.2, -0.15) is 0 Å². The maximum atomic E-state index is 13.5. The predicted octanol–water partition coefficient (Wildman–Crippen LogP) is 3.53. The molecular weight excluding hydrogens is 568 g/mol. The minimum atomic E-state index is -1.08. The Kier molecular flexibility index (Phi) is 10.7. The van der Waals surface area contributed by atoms with Crippen LogP contribution in [0, 0.1) is 5.41 Å². The molecule has 10 nitrogen and oxygen atoms in total. The number of rotatable bonds is 11. The van der Waals surface area contributed by atoms with Gasteiger partial charge < -0.3 is 30.1 Å². The molecule has 212 valence electrons. The Morgan fingerprint density at radius 3 is 2.36 bits per heavy atom. The molecule has 0 saturated heterocycles. The van der Waals surface area contributed by atoms with Crippen LogP contribution in [0.5, 0.6) is 11.5 Å². The average molecular weight is 606 g/mol. The number of nitrogens with one attached hydrogen (secondary N) is 3. The van der Waals surface area contributed by atoms with Gasteiger partial charge >= 0.3 is 5.97 Å². The Morgan fingerprint density at radius 2 is 1.79 bits per heavy atom. The first-order chi connectivity index (χ1) is 17.9. The molecule has 3 rings (SSSR count). The predicted molar refractivity (Wildman–Crippen MR) is 154 cm³/mol. The third kappa shape index (κ3) is 7.15. The van der Waals surface area contributed by atoms with Gasteiger partial charge in [-0.1, -0.05) is 20.8 Å². The molecular formula is C28H37BrN4O6. The summed E-state index contributed by atoms with van der Waals surface area (Å²) in [6.07, 6.45) is 0. The number of carboxylic acids is 1. The minimum absolute atomic E-state index is 0. The molecule has 0 atom stereocenters. The van der Waals surface area contributed by atoms with Crippen LogP contribution in [0.2, 0.25) is 0 Å². The Morgan fingerprint density at radius 1 is 1.10 bits per heavy atom. The second kappa shape index (κ2) is 13.1. The quantitative estimate of drug-likeness (QED) is 0.285. The summed E-state index contributed by atoms with van der Waals surface area (Å²) < 4.78 is 11.3. The summed E-state index contributed by atoms with van der Waals surface area (Å²) in [5.41, 5.74) is 3.18. The Hall–Kier alpha value is -3.44. The number of amidine groups is 1. The van der Waals surface area contributed by atoms with Crippen LogP contribution in [0.15, 0.2) is 24.3 Å². The van der Waals surface area contributed by atoms with E-state index in [1.165, 1.54) is 7.05 Å². The fourth-order valence-corrected chi connectivity index (χ4v) is 4.45. The lowest BCUT2D eigenvalue weighted by Gasteiger charge is -2.26. The van der Waals surface area contributed by atoms with Crippen molar-refractivity contribution in [2.45, 2.75) is 46.2 Å². The molecule has 1 heterocycles. The number of carbonyl (C=O) groups is 3. The molecule has 0 aromatic heterocycles. The zero-order valence-corrected chi connectivity index (χ0v) is 24.9. The number of ether oxygens (including phenoxy) is 2. The first-order valence-corrected chi connectivity index (χ1v) is 12.5. The molecule has 1 aliphatic rings. The second-order valence-electron chi connectivity index (χ2n) is 10.1. The number of amides is 1. The number of carbonyl (C=O) groups excluding carboxylic acids is 2. The lowest BCUT2D eigenvalue weighted by Crippen LogP contribution is -2.30. The summed E-state index contributed by atoms with van der Waals surface area (Å²) >= 11 is 0. The van der Waals surface area contributed by atoms with Crippen molar-refractivity contribution in [1.29, 1.82) is 5.41 Å². The third-order valence-electron chi connectivity index (χ3n) is 6.25. The average Bonchev–Trinajstić information content (AvgIpc) is 3.15. The summed E-state index contributed by atoms with van der Waals surface area (Å²) in [4.78, 5) is 38.8. The number of hydrogen-bond acceptors (Lipinski definition) is 7. The molecule has 2 aromatic rings. The van der Waals surface area contributed by atoms with Crippen LogP contribution < -0.4 is 20.1 Å². The summed E-state index contributed by atoms with van der Waals surface area (Å²) in [5.74, 6) is -0.524. The monoisotopic (exact) mass is 604 g/mol. The molecule has 0 aliphatic carbocycles. The van der Waals surface area contributed by atoms with E-state index in [1.54, 1.807) is 36.2 Å². The highest BCUT2D eigenvalue weighted by atomic mass is 79.9. The molecule has 1 aliphatic heterocycles. The smallest absolute Gasteiger partial charge is 0.341 e. The van der Waals surface area contributed by atoms with E-state index in [0.29, 0.717) is 53.4 Å². The number of fused-ring (bicyclic) bond motifs is 1. The molecule has 0 unspecified atom stereocenters. The van der Waals surface area contributed by atoms with E-state index in [2.05, 4.69) is 10.6 Å². The van der Waals surface area contributed by atoms with E-state index in [-0.39, 0.29) is 41.1 Å². The van der Waals surface area contributed by atoms with Crippen molar-refractivity contribution in [3.8, 4) is 11.5 Å². The zero-order chi connectivity index (χ0) is 28.2. The van der Waals surface area contributed by atoms with Gasteiger partial charge in [-0.05, 0) is 49.2 Å². The van der Waals surface area contributed by atoms with Gasteiger partial charge in [0.1, 0.15) is 17.3 Å². The molecule has 11 heteroatoms. The molecule has 2 aromatic carbocycles. The number of hydrogen-bond donors (Lipinski definition) is 4. The van der Waals surface area contributed by atoms with Gasteiger partial charge in [0.25, 0.3) is 5.91 Å². The lowest BCUT2D eigenvalue weighted by molar-refractivity contribution is -0.139. The lowest BCUT2D eigenvalue weighted by atomic mass is 9.83. The van der Waals surface area contributed by atoms with Gasteiger partial charge in [0.05, 0.1) is 18.7 Å². The van der Waals surface area contributed by atoms with Crippen molar-refractivity contribution in [3.05, 3.63) is 57.6 Å². The van der Waals surface area contributed by atoms with Gasteiger partial charge in [-0.25, -0.2) is 4.79 Å². The Labute approximate surface area is 239 Å². The van der Waals surface area contributed by atoms with Crippen LogP contribution in [0.3, 0.4) is 0 Å². The standard InChI is InChI=1S/C28H36N4O6.BrH/c1-7-37-23-10-18-13-32(26(29)19(18)11-20(23)27(36)31-6)14-22(33)16-8-17(12-30-5)25(38-15-24(34)35)21(9-16)28(2,3)4;/h8-11,29-30H,7,12-15H2,1-6H3,(H,31,36)(H,34,35);1H. The maximum absolute atomic E-state index is 13.5. The fraction of sp³-hybridized carbons (Fsp3) is 0.429. The second-order valence-corrected chi connectivity index (χ2v) is 10.1. The van der Waals surface area contributed by atoms with E-state index >= 15 is 0 Å². The first-order valence-electron chi connectivity index (χ1n) is 12.5. The van der Waals surface area contributed by atoms with Crippen LogP contribution >= 0.6 is 17.0 Å². The number of halogens is 1. The van der Waals surface area contributed by atoms with Crippen molar-refractivity contribution >= 4 is 40.5 Å². The molecule has 4 N–H and O–H groups in total. The summed E-state index contributed by atoms with van der Waals surface area (Å²) in [7, 11) is 3.30. The summed E-state index contributed by atoms with van der Waals surface area (Å²) in [6, 6.07) is 6.88. The van der Waals surface area contributed by atoms with Crippen molar-refractivity contribution < 1.29 is 29.0 Å². The van der Waals surface area contributed by atoms with Crippen LogP contribution in [0.4, 0.5) is 0 Å². The number of ketones is 1. The van der Waals surface area contributed by atoms with Gasteiger partial charge in [-0.3, -0.25) is 15.0 Å². The van der Waals surface area contributed by atoms with Crippen molar-refractivity contribution in [2.75, 3.05) is 33.9 Å². The number of nitrogens with zero attached hydrogens (tertiary/aromatic N) is 1. The summed E-state index contributed by atoms with van der Waals surface area (Å²) in [6.45, 7) is 8.33. The van der Waals surface area contributed by atoms with Gasteiger partial charge in [0.2, 0.25) is 0 Å². The largest absolute Gasteiger partial charge is 0.493 e. The highest BCUT2D eigenvalue weighted by molar-refractivity contribution is 8.93. The van der Waals surface area contributed by atoms with E-state index < -0.39 is 18.0 Å². The van der Waals surface area contributed by atoms with E-state index in [0.717, 1.165) is 11.1 Å². The van der Waals surface area contributed by atoms with Gasteiger partial charge in [0, 0.05) is 42.4 Å². The molecule has 0 fully saturated rings. The Balaban J connectivity index is 0.00000533. The number of carboxylic acid groups (broad SMARTS) is 1. The highest BCUT2D eigenvalue weighted by Gasteiger charge is 2.30. The van der Waals surface area contributed by atoms with Crippen LogP contribution in [-0.2, 0) is 23.3 Å². The topological polar surface area (TPSA) is 141 Å². The number of benzene rings is 2. The molecule has 0 saturated carbocycles. The van der Waals surface area contributed by atoms with Crippen LogP contribution in [0.1, 0.15) is 70.7 Å². The zero-order valence-electron chi connectivity index (χ0n) is 23.2. The molecule has 0 spiro atoms. The highest BCUT2D eigenvalue weighted by Crippen LogP contribution is 2.36. The molecule has 39 heavy (non-hydrogen) atoms. The SMILES string of the molecule is Br.CCOc1cc2c(cc1C(=O)NC)C(=N)N(CC(=O)c1cc(CNC)c(OCC(=O)O)c(C(C)(C)C)c1)C2. The minimum Gasteiger partial charge on any atom is -0.493 e. The van der Waals surface area contributed by atoms with Gasteiger partial charge in [-0.15, -0.1) is 17.0 Å². The molecule has 0 radical (unpaired) electrons. The first kappa shape index (κ1) is 31.8. The van der Waals surface area contributed by atoms with E-state index in [4.69, 9.17) is 20.0 Å². The van der Waals surface area contributed by atoms with Crippen molar-refractivity contribution in [3.63, 3.8) is 0 Å². The van der Waals surface area contributed by atoms with Gasteiger partial charge in [0.15, 0.2) is 12.4 Å². The maximum Gasteiger partial charge on any atom is 0.341 e. The van der Waals surface area contributed by atoms with Crippen LogP contribution in [0.25, 0.3) is 0 Å². The third-order valence-corrected chi connectivity index (χ3v) is 6.25. The summed E-state index contributed by atoms with van der Waals surface area (Å²) in [5, 5.41) is 23.5. The number of aliphatic carboxylic acids is 1. The molecule has 1 amide bonds. The molecule has 0 bridgehead atoms. The van der Waals surface area contributed by atoms with E-state index in [9.17, 15) is 14.4 Å². The number of Topliss-reactive ketones (excluding diaryl/α,β-unsaturated/α-hetero) is 1. The van der Waals surface area contributed by atoms with Crippen molar-refractivity contribution in [1.82, 2.24) is 15.5 Å². The fourth-order valence-electron chi connectivity index (χ4n) is 4.45.